The van der Waals surface area contributed by atoms with Crippen molar-refractivity contribution < 1.29 is 23.8 Å². The van der Waals surface area contributed by atoms with Crippen LogP contribution in [-0.2, 0) is 23.8 Å². The van der Waals surface area contributed by atoms with Gasteiger partial charge in [-0.1, -0.05) is 6.08 Å². The minimum atomic E-state index is -0.704. The summed E-state index contributed by atoms with van der Waals surface area (Å²) in [5, 5.41) is 0. The van der Waals surface area contributed by atoms with Gasteiger partial charge in [0.05, 0.1) is 24.4 Å². The molecule has 2 aliphatic heterocycles. The van der Waals surface area contributed by atoms with Crippen LogP contribution in [0.4, 0.5) is 0 Å². The molecule has 1 saturated heterocycles. The summed E-state index contributed by atoms with van der Waals surface area (Å²) in [6.07, 6.45) is 2.98. The van der Waals surface area contributed by atoms with E-state index in [9.17, 15) is 9.59 Å². The van der Waals surface area contributed by atoms with Crippen molar-refractivity contribution in [3.8, 4) is 0 Å². The minimum Gasteiger partial charge on any atom is -0.462 e. The second-order valence-electron chi connectivity index (χ2n) is 4.03. The van der Waals surface area contributed by atoms with Gasteiger partial charge in [0.1, 0.15) is 0 Å². The molecule has 0 amide bonds. The lowest BCUT2D eigenvalue weighted by Crippen LogP contribution is -2.40. The number of carbonyl (C=O) groups excluding carboxylic acids is 2. The highest BCUT2D eigenvalue weighted by Gasteiger charge is 2.41. The fourth-order valence-corrected chi connectivity index (χ4v) is 2.17. The Morgan fingerprint density at radius 1 is 1.65 bits per heavy atom. The summed E-state index contributed by atoms with van der Waals surface area (Å²) in [7, 11) is 0. The van der Waals surface area contributed by atoms with Crippen LogP contribution in [0, 0.1) is 11.8 Å². The van der Waals surface area contributed by atoms with E-state index in [2.05, 4.69) is 6.58 Å². The van der Waals surface area contributed by atoms with E-state index in [1.807, 2.05) is 0 Å². The predicted octanol–water partition coefficient (Wildman–Crippen LogP) is 1.16. The SMILES string of the molecule is C=CC1C(OC(C)=O)OC=C2C(=O)OCCC21. The molecule has 0 saturated carbocycles. The third-order valence-electron chi connectivity index (χ3n) is 2.96. The van der Waals surface area contributed by atoms with Gasteiger partial charge in [0.2, 0.25) is 6.29 Å². The smallest absolute Gasteiger partial charge is 0.337 e. The molecule has 5 nitrogen and oxygen atoms in total. The van der Waals surface area contributed by atoms with Crippen LogP contribution in [0.5, 0.6) is 0 Å². The quantitative estimate of drug-likeness (QED) is 0.533. The molecule has 5 heteroatoms. The molecule has 0 spiro atoms. The summed E-state index contributed by atoms with van der Waals surface area (Å²) in [5.74, 6) is -1.05. The number of esters is 2. The molecular formula is C12H14O5. The number of cyclic esters (lactones) is 1. The monoisotopic (exact) mass is 238 g/mol. The molecule has 2 heterocycles. The van der Waals surface area contributed by atoms with Crippen molar-refractivity contribution in [3.63, 3.8) is 0 Å². The Bertz CT molecular complexity index is 384. The number of fused-ring (bicyclic) bond motifs is 1. The number of ether oxygens (including phenoxy) is 3. The van der Waals surface area contributed by atoms with Crippen LogP contribution in [0.15, 0.2) is 24.5 Å². The topological polar surface area (TPSA) is 61.8 Å². The van der Waals surface area contributed by atoms with Crippen LogP contribution < -0.4 is 0 Å². The Labute approximate surface area is 99.0 Å². The normalized spacial score (nSPS) is 31.5. The largest absolute Gasteiger partial charge is 0.462 e. The van der Waals surface area contributed by atoms with E-state index in [1.165, 1.54) is 13.2 Å². The van der Waals surface area contributed by atoms with Gasteiger partial charge in [-0.15, -0.1) is 6.58 Å². The Balaban J connectivity index is 2.23. The number of hydrogen-bond donors (Lipinski definition) is 0. The summed E-state index contributed by atoms with van der Waals surface area (Å²) < 4.78 is 15.2. The molecule has 92 valence electrons. The van der Waals surface area contributed by atoms with E-state index < -0.39 is 12.3 Å². The lowest BCUT2D eigenvalue weighted by Gasteiger charge is -2.36. The second kappa shape index (κ2) is 4.61. The zero-order chi connectivity index (χ0) is 12.4. The molecule has 3 atom stereocenters. The summed E-state index contributed by atoms with van der Waals surface area (Å²) in [4.78, 5) is 22.5. The fourth-order valence-electron chi connectivity index (χ4n) is 2.17. The first-order valence-corrected chi connectivity index (χ1v) is 5.46. The summed E-state index contributed by atoms with van der Waals surface area (Å²) in [6, 6.07) is 0. The van der Waals surface area contributed by atoms with Crippen LogP contribution in [0.1, 0.15) is 13.3 Å². The maximum atomic E-state index is 11.5. The van der Waals surface area contributed by atoms with Gasteiger partial charge in [-0.2, -0.15) is 0 Å². The maximum absolute atomic E-state index is 11.5. The third kappa shape index (κ3) is 2.18. The average molecular weight is 238 g/mol. The summed E-state index contributed by atoms with van der Waals surface area (Å²) >= 11 is 0. The zero-order valence-electron chi connectivity index (χ0n) is 9.55. The zero-order valence-corrected chi connectivity index (χ0v) is 9.55. The van der Waals surface area contributed by atoms with Crippen LogP contribution >= 0.6 is 0 Å². The molecular weight excluding hydrogens is 224 g/mol. The molecule has 0 aromatic heterocycles. The van der Waals surface area contributed by atoms with Crippen LogP contribution in [0.2, 0.25) is 0 Å². The number of hydrogen-bond acceptors (Lipinski definition) is 5. The van der Waals surface area contributed by atoms with Crippen molar-refractivity contribution in [3.05, 3.63) is 24.5 Å². The van der Waals surface area contributed by atoms with Crippen molar-refractivity contribution in [2.24, 2.45) is 11.8 Å². The van der Waals surface area contributed by atoms with Gasteiger partial charge in [0.25, 0.3) is 0 Å². The van der Waals surface area contributed by atoms with E-state index in [4.69, 9.17) is 14.2 Å². The molecule has 3 unspecified atom stereocenters. The van der Waals surface area contributed by atoms with Gasteiger partial charge in [-0.25, -0.2) is 4.79 Å². The summed E-state index contributed by atoms with van der Waals surface area (Å²) in [6.45, 7) is 5.40. The van der Waals surface area contributed by atoms with Gasteiger partial charge in [0.15, 0.2) is 0 Å². The van der Waals surface area contributed by atoms with Crippen molar-refractivity contribution >= 4 is 11.9 Å². The van der Waals surface area contributed by atoms with Crippen LogP contribution in [0.25, 0.3) is 0 Å². The molecule has 0 bridgehead atoms. The van der Waals surface area contributed by atoms with E-state index in [0.717, 1.165) is 0 Å². The van der Waals surface area contributed by atoms with Gasteiger partial charge < -0.3 is 14.2 Å². The first-order valence-electron chi connectivity index (χ1n) is 5.46. The summed E-state index contributed by atoms with van der Waals surface area (Å²) in [5.41, 5.74) is 0.490. The Kier molecular flexibility index (Phi) is 3.17. The molecule has 0 aromatic rings. The molecule has 1 fully saturated rings. The molecule has 0 aromatic carbocycles. The average Bonchev–Trinajstić information content (AvgIpc) is 2.28. The van der Waals surface area contributed by atoms with Gasteiger partial charge in [-0.05, 0) is 6.42 Å². The second-order valence-corrected chi connectivity index (χ2v) is 4.03. The maximum Gasteiger partial charge on any atom is 0.337 e. The minimum absolute atomic E-state index is 0.0492. The Morgan fingerprint density at radius 2 is 2.41 bits per heavy atom. The van der Waals surface area contributed by atoms with E-state index in [-0.39, 0.29) is 17.8 Å². The van der Waals surface area contributed by atoms with Crippen molar-refractivity contribution in [1.82, 2.24) is 0 Å². The van der Waals surface area contributed by atoms with Crippen molar-refractivity contribution in [2.75, 3.05) is 6.61 Å². The highest BCUT2D eigenvalue weighted by Crippen LogP contribution is 2.37. The van der Waals surface area contributed by atoms with Crippen LogP contribution in [-0.4, -0.2) is 24.8 Å². The Morgan fingerprint density at radius 3 is 3.06 bits per heavy atom. The van der Waals surface area contributed by atoms with Crippen LogP contribution in [0.3, 0.4) is 0 Å². The molecule has 2 rings (SSSR count). The lowest BCUT2D eigenvalue weighted by atomic mass is 9.81. The molecule has 0 N–H and O–H groups in total. The number of carbonyl (C=O) groups is 2. The van der Waals surface area contributed by atoms with E-state index >= 15 is 0 Å². The fraction of sp³-hybridized carbons (Fsp3) is 0.500. The van der Waals surface area contributed by atoms with Crippen molar-refractivity contribution in [1.29, 1.82) is 0 Å². The molecule has 0 aliphatic carbocycles. The highest BCUT2D eigenvalue weighted by atomic mass is 16.7. The molecule has 2 aliphatic rings. The molecule has 17 heavy (non-hydrogen) atoms. The van der Waals surface area contributed by atoms with Gasteiger partial charge in [0, 0.05) is 12.8 Å². The first kappa shape index (κ1) is 11.7. The molecule has 0 radical (unpaired) electrons. The standard InChI is InChI=1S/C12H14O5/c1-3-8-9-4-5-15-11(14)10(9)6-16-12(8)17-7(2)13/h3,6,8-9,12H,1,4-5H2,2H3. The van der Waals surface area contributed by atoms with E-state index in [1.54, 1.807) is 6.08 Å². The van der Waals surface area contributed by atoms with Crippen molar-refractivity contribution in [2.45, 2.75) is 19.6 Å². The lowest BCUT2D eigenvalue weighted by molar-refractivity contribution is -0.181. The third-order valence-corrected chi connectivity index (χ3v) is 2.96. The van der Waals surface area contributed by atoms with Gasteiger partial charge in [-0.3, -0.25) is 4.79 Å². The highest BCUT2D eigenvalue weighted by molar-refractivity contribution is 5.89. The predicted molar refractivity (Wildman–Crippen MR) is 57.5 cm³/mol. The first-order chi connectivity index (χ1) is 8.13. The van der Waals surface area contributed by atoms with Gasteiger partial charge >= 0.3 is 11.9 Å². The Hall–Kier alpha value is -1.78. The van der Waals surface area contributed by atoms with E-state index in [0.29, 0.717) is 18.6 Å². The number of rotatable bonds is 2.